The molecule has 0 fully saturated rings. The first-order valence-corrected chi connectivity index (χ1v) is 11.3. The number of nitrogens with zero attached hydrogens (tertiary/aromatic N) is 3. The van der Waals surface area contributed by atoms with Gasteiger partial charge in [-0.25, -0.2) is 9.67 Å². The van der Waals surface area contributed by atoms with E-state index in [0.717, 1.165) is 15.5 Å². The van der Waals surface area contributed by atoms with Crippen molar-refractivity contribution >= 4 is 39.9 Å². The van der Waals surface area contributed by atoms with Crippen molar-refractivity contribution in [2.24, 2.45) is 0 Å². The molecule has 0 radical (unpaired) electrons. The maximum absolute atomic E-state index is 13.5. The standard InChI is InChI=1S/C25H21ClF3N5O2/c1-13(2)31-23(35)17-11-15-7-4-5-8-16(15)14(3)21(17)32-24(36)19-12-20(25(27,28)29)33-34(19)22-18(26)9-6-10-30-22/h4-13H,1-3H3,(H,31,35)(H,32,36). The van der Waals surface area contributed by atoms with E-state index in [4.69, 9.17) is 11.6 Å². The van der Waals surface area contributed by atoms with Crippen molar-refractivity contribution in [1.29, 1.82) is 0 Å². The minimum Gasteiger partial charge on any atom is -0.350 e. The summed E-state index contributed by atoms with van der Waals surface area (Å²) in [7, 11) is 0. The first kappa shape index (κ1) is 25.2. The highest BCUT2D eigenvalue weighted by Gasteiger charge is 2.37. The summed E-state index contributed by atoms with van der Waals surface area (Å²) in [4.78, 5) is 30.4. The van der Waals surface area contributed by atoms with Gasteiger partial charge in [-0.15, -0.1) is 0 Å². The second-order valence-electron chi connectivity index (χ2n) is 8.36. The number of nitrogens with one attached hydrogen (secondary N) is 2. The summed E-state index contributed by atoms with van der Waals surface area (Å²) in [6.07, 6.45) is -3.50. The summed E-state index contributed by atoms with van der Waals surface area (Å²) in [6.45, 7) is 5.30. The Hall–Kier alpha value is -3.92. The summed E-state index contributed by atoms with van der Waals surface area (Å²) in [5.41, 5.74) is -0.821. The van der Waals surface area contributed by atoms with E-state index in [1.165, 1.54) is 18.3 Å². The van der Waals surface area contributed by atoms with Crippen LogP contribution >= 0.6 is 11.6 Å². The summed E-state index contributed by atoms with van der Waals surface area (Å²) in [6, 6.07) is 12.3. The number of anilines is 1. The summed E-state index contributed by atoms with van der Waals surface area (Å²) >= 11 is 6.14. The molecule has 2 N–H and O–H groups in total. The number of halogens is 4. The molecule has 0 saturated carbocycles. The minimum absolute atomic E-state index is 0.00209. The van der Waals surface area contributed by atoms with Gasteiger partial charge in [0.2, 0.25) is 0 Å². The third kappa shape index (κ3) is 4.90. The molecule has 11 heteroatoms. The van der Waals surface area contributed by atoms with Gasteiger partial charge < -0.3 is 10.6 Å². The van der Waals surface area contributed by atoms with Gasteiger partial charge in [0.05, 0.1) is 16.3 Å². The quantitative estimate of drug-likeness (QED) is 0.352. The lowest BCUT2D eigenvalue weighted by Gasteiger charge is -2.18. The number of amides is 2. The average Bonchev–Trinajstić information content (AvgIpc) is 3.26. The number of aromatic nitrogens is 3. The van der Waals surface area contributed by atoms with Gasteiger partial charge in [0.1, 0.15) is 5.69 Å². The molecule has 186 valence electrons. The molecule has 4 rings (SSSR count). The predicted octanol–water partition coefficient (Wildman–Crippen LogP) is 5.79. The number of pyridine rings is 1. The highest BCUT2D eigenvalue weighted by molar-refractivity contribution is 6.32. The summed E-state index contributed by atoms with van der Waals surface area (Å²) in [5.74, 6) is -1.50. The van der Waals surface area contributed by atoms with E-state index < -0.39 is 29.4 Å². The van der Waals surface area contributed by atoms with Crippen LogP contribution in [0.2, 0.25) is 5.02 Å². The van der Waals surface area contributed by atoms with E-state index in [0.29, 0.717) is 11.6 Å². The number of hydrogen-bond donors (Lipinski definition) is 2. The fourth-order valence-corrected chi connectivity index (χ4v) is 3.96. The van der Waals surface area contributed by atoms with Crippen molar-refractivity contribution < 1.29 is 22.8 Å². The van der Waals surface area contributed by atoms with Crippen LogP contribution in [0, 0.1) is 6.92 Å². The molecular formula is C25H21ClF3N5O2. The molecule has 36 heavy (non-hydrogen) atoms. The second kappa shape index (κ2) is 9.62. The fraction of sp³-hybridized carbons (Fsp3) is 0.200. The van der Waals surface area contributed by atoms with E-state index in [-0.39, 0.29) is 28.1 Å². The predicted molar refractivity (Wildman–Crippen MR) is 131 cm³/mol. The number of aryl methyl sites for hydroxylation is 1. The number of carbonyl (C=O) groups excluding carboxylic acids is 2. The van der Waals surface area contributed by atoms with E-state index in [2.05, 4.69) is 20.7 Å². The molecule has 0 atom stereocenters. The van der Waals surface area contributed by atoms with Crippen molar-refractivity contribution in [3.8, 4) is 5.82 Å². The second-order valence-corrected chi connectivity index (χ2v) is 8.77. The first-order valence-electron chi connectivity index (χ1n) is 10.9. The molecule has 0 aliphatic rings. The smallest absolute Gasteiger partial charge is 0.350 e. The number of alkyl halides is 3. The fourth-order valence-electron chi connectivity index (χ4n) is 3.76. The molecule has 2 amide bonds. The molecular weight excluding hydrogens is 495 g/mol. The van der Waals surface area contributed by atoms with Gasteiger partial charge in [-0.2, -0.15) is 18.3 Å². The molecule has 0 bridgehead atoms. The maximum atomic E-state index is 13.5. The van der Waals surface area contributed by atoms with E-state index in [9.17, 15) is 22.8 Å². The van der Waals surface area contributed by atoms with E-state index in [1.807, 2.05) is 24.3 Å². The highest BCUT2D eigenvalue weighted by Crippen LogP contribution is 2.33. The zero-order chi connectivity index (χ0) is 26.2. The molecule has 0 spiro atoms. The topological polar surface area (TPSA) is 88.9 Å². The lowest BCUT2D eigenvalue weighted by Crippen LogP contribution is -2.31. The van der Waals surface area contributed by atoms with E-state index >= 15 is 0 Å². The molecule has 2 aromatic carbocycles. The van der Waals surface area contributed by atoms with E-state index in [1.54, 1.807) is 26.8 Å². The lowest BCUT2D eigenvalue weighted by atomic mass is 9.98. The SMILES string of the molecule is Cc1c(NC(=O)c2cc(C(F)(F)F)nn2-c2ncccc2Cl)c(C(=O)NC(C)C)cc2ccccc12. The molecule has 2 heterocycles. The van der Waals surface area contributed by atoms with Gasteiger partial charge in [-0.1, -0.05) is 35.9 Å². The number of benzene rings is 2. The van der Waals surface area contributed by atoms with Crippen LogP contribution in [-0.4, -0.2) is 32.6 Å². The maximum Gasteiger partial charge on any atom is 0.435 e. The molecule has 0 aliphatic heterocycles. The van der Waals surface area contributed by atoms with Gasteiger partial charge >= 0.3 is 6.18 Å². The number of rotatable bonds is 5. The van der Waals surface area contributed by atoms with Crippen LogP contribution in [0.5, 0.6) is 0 Å². The van der Waals surface area contributed by atoms with Crippen LogP contribution in [0.3, 0.4) is 0 Å². The minimum atomic E-state index is -4.82. The van der Waals surface area contributed by atoms with Crippen molar-refractivity contribution in [2.75, 3.05) is 5.32 Å². The van der Waals surface area contributed by atoms with Crippen LogP contribution in [0.4, 0.5) is 18.9 Å². The molecule has 2 aromatic heterocycles. The molecule has 7 nitrogen and oxygen atoms in total. The Balaban J connectivity index is 1.86. The Morgan fingerprint density at radius 3 is 2.44 bits per heavy atom. The Bertz CT molecular complexity index is 1480. The zero-order valence-electron chi connectivity index (χ0n) is 19.4. The van der Waals surface area contributed by atoms with Crippen LogP contribution in [0.1, 0.15) is 46.0 Å². The third-order valence-corrected chi connectivity index (χ3v) is 5.68. The van der Waals surface area contributed by atoms with Gasteiger partial charge in [0.25, 0.3) is 11.8 Å². The van der Waals surface area contributed by atoms with Gasteiger partial charge in [0, 0.05) is 18.3 Å². The Morgan fingerprint density at radius 1 is 1.06 bits per heavy atom. The van der Waals surface area contributed by atoms with Crippen LogP contribution in [0.15, 0.2) is 54.7 Å². The summed E-state index contributed by atoms with van der Waals surface area (Å²) in [5, 5.41) is 10.5. The lowest BCUT2D eigenvalue weighted by molar-refractivity contribution is -0.141. The van der Waals surface area contributed by atoms with Crippen molar-refractivity contribution in [3.63, 3.8) is 0 Å². The number of hydrogen-bond acceptors (Lipinski definition) is 4. The average molecular weight is 516 g/mol. The normalized spacial score (nSPS) is 11.7. The van der Waals surface area contributed by atoms with Gasteiger partial charge in [0.15, 0.2) is 11.5 Å². The Kier molecular flexibility index (Phi) is 6.73. The first-order chi connectivity index (χ1) is 17.0. The molecule has 4 aromatic rings. The molecule has 0 aliphatic carbocycles. The monoisotopic (exact) mass is 515 g/mol. The van der Waals surface area contributed by atoms with Crippen LogP contribution in [0.25, 0.3) is 16.6 Å². The molecule has 0 saturated heterocycles. The number of fused-ring (bicyclic) bond motifs is 1. The molecule has 0 unspecified atom stereocenters. The van der Waals surface area contributed by atoms with Crippen LogP contribution in [-0.2, 0) is 6.18 Å². The summed E-state index contributed by atoms with van der Waals surface area (Å²) < 4.78 is 41.3. The third-order valence-electron chi connectivity index (χ3n) is 5.38. The Labute approximate surface area is 209 Å². The zero-order valence-corrected chi connectivity index (χ0v) is 20.2. The van der Waals surface area contributed by atoms with Gasteiger partial charge in [-0.3, -0.25) is 9.59 Å². The highest BCUT2D eigenvalue weighted by atomic mass is 35.5. The van der Waals surface area contributed by atoms with Crippen LogP contribution < -0.4 is 10.6 Å². The van der Waals surface area contributed by atoms with Crippen molar-refractivity contribution in [2.45, 2.75) is 33.0 Å². The van der Waals surface area contributed by atoms with Gasteiger partial charge in [-0.05, 0) is 55.3 Å². The Morgan fingerprint density at radius 2 is 1.78 bits per heavy atom. The number of carbonyl (C=O) groups is 2. The van der Waals surface area contributed by atoms with Crippen molar-refractivity contribution in [1.82, 2.24) is 20.1 Å². The largest absolute Gasteiger partial charge is 0.435 e. The van der Waals surface area contributed by atoms with Crippen molar-refractivity contribution in [3.05, 3.63) is 82.3 Å².